The van der Waals surface area contributed by atoms with Crippen LogP contribution in [0.5, 0.6) is 5.88 Å². The van der Waals surface area contributed by atoms with E-state index in [2.05, 4.69) is 41.2 Å². The first-order valence-corrected chi connectivity index (χ1v) is 6.07. The molecule has 0 aliphatic carbocycles. The number of hydrogen-bond donors (Lipinski definition) is 1. The molecule has 0 aromatic carbocycles. The highest BCUT2D eigenvalue weighted by Crippen LogP contribution is 2.08. The molecular weight excluding hydrogens is 216 g/mol. The average Bonchev–Trinajstić information content (AvgIpc) is 2.32. The van der Waals surface area contributed by atoms with Gasteiger partial charge < -0.3 is 15.0 Å². The van der Waals surface area contributed by atoms with Crippen molar-refractivity contribution in [2.24, 2.45) is 0 Å². The Bertz CT molecular complexity index is 317. The van der Waals surface area contributed by atoms with Gasteiger partial charge in [0.15, 0.2) is 0 Å². The molecule has 0 aliphatic heterocycles. The second kappa shape index (κ2) is 7.84. The number of hydrogen-bond acceptors (Lipinski definition) is 5. The number of ether oxygens (including phenoxy) is 1. The normalized spacial score (nSPS) is 10.6. The van der Waals surface area contributed by atoms with Crippen LogP contribution in [-0.4, -0.2) is 48.7 Å². The highest BCUT2D eigenvalue weighted by atomic mass is 16.5. The van der Waals surface area contributed by atoms with Crippen molar-refractivity contribution in [3.05, 3.63) is 12.3 Å². The second-order valence-electron chi connectivity index (χ2n) is 4.15. The maximum atomic E-state index is 5.56. The molecular formula is C12H22N4O. The predicted octanol–water partition coefficient (Wildman–Crippen LogP) is 1.63. The predicted molar refractivity (Wildman–Crippen MR) is 69.5 cm³/mol. The maximum Gasteiger partial charge on any atom is 0.225 e. The van der Waals surface area contributed by atoms with Gasteiger partial charge in [-0.3, -0.25) is 0 Å². The van der Waals surface area contributed by atoms with E-state index in [0.717, 1.165) is 25.9 Å². The molecule has 1 N–H and O–H groups in total. The van der Waals surface area contributed by atoms with Gasteiger partial charge in [0, 0.05) is 25.4 Å². The second-order valence-corrected chi connectivity index (χ2v) is 4.15. The zero-order valence-corrected chi connectivity index (χ0v) is 10.9. The molecule has 0 saturated carbocycles. The molecule has 96 valence electrons. The summed E-state index contributed by atoms with van der Waals surface area (Å²) in [6.07, 6.45) is 3.76. The van der Waals surface area contributed by atoms with Gasteiger partial charge in [-0.05, 0) is 26.9 Å². The lowest BCUT2D eigenvalue weighted by Crippen LogP contribution is -2.15. The van der Waals surface area contributed by atoms with E-state index in [9.17, 15) is 0 Å². The molecule has 1 rings (SSSR count). The quantitative estimate of drug-likeness (QED) is 0.698. The zero-order valence-electron chi connectivity index (χ0n) is 10.9. The van der Waals surface area contributed by atoms with E-state index in [-0.39, 0.29) is 0 Å². The van der Waals surface area contributed by atoms with Crippen LogP contribution < -0.4 is 10.1 Å². The van der Waals surface area contributed by atoms with Crippen LogP contribution in [0.25, 0.3) is 0 Å². The van der Waals surface area contributed by atoms with Gasteiger partial charge in [-0.25, -0.2) is 4.98 Å². The van der Waals surface area contributed by atoms with Crippen molar-refractivity contribution >= 4 is 5.95 Å². The Morgan fingerprint density at radius 1 is 1.41 bits per heavy atom. The lowest BCUT2D eigenvalue weighted by molar-refractivity contribution is 0.273. The highest BCUT2D eigenvalue weighted by Gasteiger charge is 1.99. The molecule has 0 bridgehead atoms. The van der Waals surface area contributed by atoms with E-state index in [0.29, 0.717) is 18.4 Å². The Kier molecular flexibility index (Phi) is 6.32. The van der Waals surface area contributed by atoms with E-state index in [1.165, 1.54) is 0 Å². The smallest absolute Gasteiger partial charge is 0.225 e. The maximum absolute atomic E-state index is 5.56. The van der Waals surface area contributed by atoms with Crippen LogP contribution in [0, 0.1) is 0 Å². The molecule has 17 heavy (non-hydrogen) atoms. The minimum Gasteiger partial charge on any atom is -0.477 e. The van der Waals surface area contributed by atoms with Crippen LogP contribution in [0.15, 0.2) is 12.3 Å². The van der Waals surface area contributed by atoms with Crippen molar-refractivity contribution in [3.63, 3.8) is 0 Å². The molecule has 0 unspecified atom stereocenters. The first-order valence-electron chi connectivity index (χ1n) is 6.07. The summed E-state index contributed by atoms with van der Waals surface area (Å²) in [4.78, 5) is 10.5. The van der Waals surface area contributed by atoms with E-state index >= 15 is 0 Å². The van der Waals surface area contributed by atoms with Crippen LogP contribution in [0.4, 0.5) is 5.95 Å². The van der Waals surface area contributed by atoms with Crippen molar-refractivity contribution in [2.45, 2.75) is 19.8 Å². The molecule has 0 fully saturated rings. The van der Waals surface area contributed by atoms with E-state index in [1.54, 1.807) is 12.3 Å². The summed E-state index contributed by atoms with van der Waals surface area (Å²) in [6.45, 7) is 4.69. The highest BCUT2D eigenvalue weighted by molar-refractivity contribution is 5.27. The van der Waals surface area contributed by atoms with E-state index in [4.69, 9.17) is 4.74 Å². The van der Waals surface area contributed by atoms with E-state index < -0.39 is 0 Å². The summed E-state index contributed by atoms with van der Waals surface area (Å²) >= 11 is 0. The van der Waals surface area contributed by atoms with Crippen LogP contribution in [0.2, 0.25) is 0 Å². The van der Waals surface area contributed by atoms with Crippen molar-refractivity contribution in [2.75, 3.05) is 39.1 Å². The third kappa shape index (κ3) is 6.06. The fraction of sp³-hybridized carbons (Fsp3) is 0.667. The Balaban J connectivity index is 2.32. The molecule has 0 radical (unpaired) electrons. The molecule has 0 aliphatic rings. The summed E-state index contributed by atoms with van der Waals surface area (Å²) in [5.74, 6) is 1.27. The summed E-state index contributed by atoms with van der Waals surface area (Å²) in [6, 6.07) is 1.78. The molecule has 1 heterocycles. The number of nitrogens with one attached hydrogen (secondary N) is 1. The molecule has 5 nitrogen and oxygen atoms in total. The summed E-state index contributed by atoms with van der Waals surface area (Å²) in [7, 11) is 4.11. The molecule has 0 saturated heterocycles. The third-order valence-corrected chi connectivity index (χ3v) is 2.16. The molecule has 1 aromatic heterocycles. The molecule has 1 aromatic rings. The fourth-order valence-electron chi connectivity index (χ4n) is 1.30. The van der Waals surface area contributed by atoms with Crippen LogP contribution in [0.3, 0.4) is 0 Å². The van der Waals surface area contributed by atoms with Gasteiger partial charge >= 0.3 is 0 Å². The van der Waals surface area contributed by atoms with Crippen LogP contribution >= 0.6 is 0 Å². The minimum absolute atomic E-state index is 0.636. The SMILES string of the molecule is CCCNc1nccc(OCCCN(C)C)n1. The number of rotatable bonds is 8. The lowest BCUT2D eigenvalue weighted by Gasteiger charge is -2.10. The van der Waals surface area contributed by atoms with Crippen molar-refractivity contribution in [1.82, 2.24) is 14.9 Å². The van der Waals surface area contributed by atoms with Gasteiger partial charge in [-0.2, -0.15) is 4.98 Å². The van der Waals surface area contributed by atoms with Crippen LogP contribution in [0.1, 0.15) is 19.8 Å². The van der Waals surface area contributed by atoms with Crippen molar-refractivity contribution < 1.29 is 4.74 Å². The third-order valence-electron chi connectivity index (χ3n) is 2.16. The standard InChI is InChI=1S/C12H22N4O/c1-4-7-13-12-14-8-6-11(15-12)17-10-5-9-16(2)3/h6,8H,4-5,7,9-10H2,1-3H3,(H,13,14,15). The molecule has 0 atom stereocenters. The van der Waals surface area contributed by atoms with Crippen molar-refractivity contribution in [3.8, 4) is 5.88 Å². The van der Waals surface area contributed by atoms with Crippen molar-refractivity contribution in [1.29, 1.82) is 0 Å². The summed E-state index contributed by atoms with van der Waals surface area (Å²) in [5, 5.41) is 3.13. The average molecular weight is 238 g/mol. The van der Waals surface area contributed by atoms with Crippen LogP contribution in [-0.2, 0) is 0 Å². The fourth-order valence-corrected chi connectivity index (χ4v) is 1.30. The number of anilines is 1. The van der Waals surface area contributed by atoms with E-state index in [1.807, 2.05) is 0 Å². The monoisotopic (exact) mass is 238 g/mol. The number of nitrogens with zero attached hydrogens (tertiary/aromatic N) is 3. The Morgan fingerprint density at radius 2 is 2.24 bits per heavy atom. The van der Waals surface area contributed by atoms with Gasteiger partial charge in [-0.1, -0.05) is 6.92 Å². The van der Waals surface area contributed by atoms with Gasteiger partial charge in [0.1, 0.15) is 0 Å². The Morgan fingerprint density at radius 3 is 2.94 bits per heavy atom. The Hall–Kier alpha value is -1.36. The molecule has 0 amide bonds. The van der Waals surface area contributed by atoms with Gasteiger partial charge in [-0.15, -0.1) is 0 Å². The van der Waals surface area contributed by atoms with Gasteiger partial charge in [0.05, 0.1) is 6.61 Å². The van der Waals surface area contributed by atoms with Gasteiger partial charge in [0.2, 0.25) is 11.8 Å². The Labute approximate surface area is 103 Å². The summed E-state index contributed by atoms with van der Waals surface area (Å²) in [5.41, 5.74) is 0. The first kappa shape index (κ1) is 13.7. The number of aromatic nitrogens is 2. The zero-order chi connectivity index (χ0) is 12.5. The largest absolute Gasteiger partial charge is 0.477 e. The summed E-state index contributed by atoms with van der Waals surface area (Å²) < 4.78 is 5.56. The molecule has 0 spiro atoms. The lowest BCUT2D eigenvalue weighted by atomic mass is 10.4. The topological polar surface area (TPSA) is 50.3 Å². The minimum atomic E-state index is 0.636. The molecule has 5 heteroatoms. The van der Waals surface area contributed by atoms with Gasteiger partial charge in [0.25, 0.3) is 0 Å². The first-order chi connectivity index (χ1) is 8.22.